The van der Waals surface area contributed by atoms with Gasteiger partial charge in [-0.25, -0.2) is 4.79 Å². The lowest BCUT2D eigenvalue weighted by Gasteiger charge is -2.10. The van der Waals surface area contributed by atoms with Gasteiger partial charge in [-0.1, -0.05) is 24.3 Å². The van der Waals surface area contributed by atoms with Gasteiger partial charge in [-0.3, -0.25) is 0 Å². The van der Waals surface area contributed by atoms with Crippen molar-refractivity contribution in [3.8, 4) is 0 Å². The van der Waals surface area contributed by atoms with Crippen LogP contribution in [-0.2, 0) is 16.1 Å². The number of aliphatic hydroxyl groups is 1. The summed E-state index contributed by atoms with van der Waals surface area (Å²) in [5, 5.41) is 18.0. The Morgan fingerprint density at radius 2 is 2.14 bits per heavy atom. The van der Waals surface area contributed by atoms with Gasteiger partial charge in [0.05, 0.1) is 6.61 Å². The fourth-order valence-electron chi connectivity index (χ4n) is 1.22. The van der Waals surface area contributed by atoms with Crippen LogP contribution in [0.1, 0.15) is 17.2 Å². The van der Waals surface area contributed by atoms with Crippen LogP contribution in [0.2, 0.25) is 0 Å². The van der Waals surface area contributed by atoms with Gasteiger partial charge in [0.25, 0.3) is 0 Å². The first kappa shape index (κ1) is 10.7. The number of methoxy groups -OCH3 is 1. The summed E-state index contributed by atoms with van der Waals surface area (Å²) in [6, 6.07) is 6.76. The number of carboxylic acids is 1. The maximum absolute atomic E-state index is 10.6. The number of carboxylic acid groups (broad SMARTS) is 1. The highest BCUT2D eigenvalue weighted by Gasteiger charge is 2.18. The maximum Gasteiger partial charge on any atom is 0.337 e. The third kappa shape index (κ3) is 2.31. The van der Waals surface area contributed by atoms with Gasteiger partial charge in [-0.2, -0.15) is 0 Å². The molecule has 1 aromatic carbocycles. The topological polar surface area (TPSA) is 66.8 Å². The number of carbonyl (C=O) groups is 1. The predicted molar refractivity (Wildman–Crippen MR) is 49.8 cm³/mol. The van der Waals surface area contributed by atoms with E-state index in [1.54, 1.807) is 24.3 Å². The van der Waals surface area contributed by atoms with Crippen LogP contribution in [0.25, 0.3) is 0 Å². The van der Waals surface area contributed by atoms with E-state index in [2.05, 4.69) is 0 Å². The SMILES string of the molecule is COCc1ccccc1C(O)C(=O)O. The van der Waals surface area contributed by atoms with Gasteiger partial charge in [0.2, 0.25) is 0 Å². The van der Waals surface area contributed by atoms with Crippen molar-refractivity contribution in [3.05, 3.63) is 35.4 Å². The van der Waals surface area contributed by atoms with Gasteiger partial charge in [0.15, 0.2) is 6.10 Å². The van der Waals surface area contributed by atoms with Crippen molar-refractivity contribution >= 4 is 5.97 Å². The molecule has 0 amide bonds. The molecule has 0 aliphatic rings. The molecule has 1 aromatic rings. The molecule has 2 N–H and O–H groups in total. The van der Waals surface area contributed by atoms with Crippen molar-refractivity contribution in [3.63, 3.8) is 0 Å². The minimum Gasteiger partial charge on any atom is -0.479 e. The number of rotatable bonds is 4. The molecule has 0 bridgehead atoms. The molecule has 0 spiro atoms. The van der Waals surface area contributed by atoms with Crippen molar-refractivity contribution in [2.24, 2.45) is 0 Å². The van der Waals surface area contributed by atoms with Gasteiger partial charge in [0, 0.05) is 7.11 Å². The van der Waals surface area contributed by atoms with Crippen molar-refractivity contribution in [2.75, 3.05) is 7.11 Å². The molecule has 76 valence electrons. The fraction of sp³-hybridized carbons (Fsp3) is 0.300. The van der Waals surface area contributed by atoms with Crippen LogP contribution >= 0.6 is 0 Å². The highest BCUT2D eigenvalue weighted by atomic mass is 16.5. The smallest absolute Gasteiger partial charge is 0.337 e. The summed E-state index contributed by atoms with van der Waals surface area (Å²) in [5.74, 6) is -1.26. The molecule has 0 fully saturated rings. The van der Waals surface area contributed by atoms with Gasteiger partial charge >= 0.3 is 5.97 Å². The Labute approximate surface area is 81.8 Å². The molecular weight excluding hydrogens is 184 g/mol. The Kier molecular flexibility index (Phi) is 3.62. The maximum atomic E-state index is 10.6. The molecule has 0 saturated carbocycles. The summed E-state index contributed by atoms with van der Waals surface area (Å²) in [7, 11) is 1.52. The summed E-state index contributed by atoms with van der Waals surface area (Å²) >= 11 is 0. The third-order valence-electron chi connectivity index (χ3n) is 1.88. The minimum absolute atomic E-state index is 0.292. The molecule has 0 aliphatic carbocycles. The highest BCUT2D eigenvalue weighted by molar-refractivity contribution is 5.74. The summed E-state index contributed by atoms with van der Waals surface area (Å²) in [6.45, 7) is 0.292. The molecule has 0 radical (unpaired) electrons. The highest BCUT2D eigenvalue weighted by Crippen LogP contribution is 2.18. The number of hydrogen-bond donors (Lipinski definition) is 2. The Balaban J connectivity index is 3.00. The van der Waals surface area contributed by atoms with E-state index in [0.29, 0.717) is 17.7 Å². The van der Waals surface area contributed by atoms with Gasteiger partial charge in [0.1, 0.15) is 0 Å². The second-order valence-electron chi connectivity index (χ2n) is 2.87. The Hall–Kier alpha value is -1.39. The molecule has 4 heteroatoms. The van der Waals surface area contributed by atoms with Crippen molar-refractivity contribution in [2.45, 2.75) is 12.7 Å². The van der Waals surface area contributed by atoms with E-state index in [1.807, 2.05) is 0 Å². The van der Waals surface area contributed by atoms with E-state index < -0.39 is 12.1 Å². The molecule has 0 heterocycles. The largest absolute Gasteiger partial charge is 0.479 e. The van der Waals surface area contributed by atoms with E-state index in [4.69, 9.17) is 9.84 Å². The average molecular weight is 196 g/mol. The number of hydrogen-bond acceptors (Lipinski definition) is 3. The van der Waals surface area contributed by atoms with Crippen LogP contribution in [0.4, 0.5) is 0 Å². The van der Waals surface area contributed by atoms with Gasteiger partial charge in [-0.15, -0.1) is 0 Å². The quantitative estimate of drug-likeness (QED) is 0.752. The molecule has 1 atom stereocenters. The Morgan fingerprint density at radius 3 is 2.71 bits per heavy atom. The van der Waals surface area contributed by atoms with Crippen LogP contribution < -0.4 is 0 Å². The average Bonchev–Trinajstić information content (AvgIpc) is 2.18. The standard InChI is InChI=1S/C10H12O4/c1-14-6-7-4-2-3-5-8(7)9(11)10(12)13/h2-5,9,11H,6H2,1H3,(H,12,13). The summed E-state index contributed by atoms with van der Waals surface area (Å²) in [6.07, 6.45) is -1.48. The van der Waals surface area contributed by atoms with E-state index in [-0.39, 0.29) is 0 Å². The first-order chi connectivity index (χ1) is 6.66. The number of aliphatic hydroxyl groups excluding tert-OH is 1. The number of aliphatic carboxylic acids is 1. The zero-order chi connectivity index (χ0) is 10.6. The molecule has 1 rings (SSSR count). The minimum atomic E-state index is -1.48. The van der Waals surface area contributed by atoms with E-state index >= 15 is 0 Å². The molecule has 0 aromatic heterocycles. The van der Waals surface area contributed by atoms with Crippen molar-refractivity contribution in [1.82, 2.24) is 0 Å². The molecule has 0 saturated heterocycles. The monoisotopic (exact) mass is 196 g/mol. The Morgan fingerprint density at radius 1 is 1.50 bits per heavy atom. The van der Waals surface area contributed by atoms with Crippen LogP contribution in [0.15, 0.2) is 24.3 Å². The van der Waals surface area contributed by atoms with Crippen LogP contribution in [0.3, 0.4) is 0 Å². The fourth-order valence-corrected chi connectivity index (χ4v) is 1.22. The molecular formula is C10H12O4. The van der Waals surface area contributed by atoms with Crippen molar-refractivity contribution < 1.29 is 19.7 Å². The molecule has 0 aliphatic heterocycles. The molecule has 1 unspecified atom stereocenters. The zero-order valence-electron chi connectivity index (χ0n) is 7.80. The lowest BCUT2D eigenvalue weighted by Crippen LogP contribution is -2.12. The third-order valence-corrected chi connectivity index (χ3v) is 1.88. The van der Waals surface area contributed by atoms with Gasteiger partial charge in [-0.05, 0) is 11.1 Å². The number of ether oxygens (including phenoxy) is 1. The molecule has 14 heavy (non-hydrogen) atoms. The van der Waals surface area contributed by atoms with Crippen LogP contribution in [0.5, 0.6) is 0 Å². The predicted octanol–water partition coefficient (Wildman–Crippen LogP) is 0.951. The Bertz CT molecular complexity index is 322. The summed E-state index contributed by atoms with van der Waals surface area (Å²) < 4.78 is 4.89. The first-order valence-corrected chi connectivity index (χ1v) is 4.14. The lowest BCUT2D eigenvalue weighted by molar-refractivity contribution is -0.147. The van der Waals surface area contributed by atoms with E-state index in [1.165, 1.54) is 7.11 Å². The summed E-state index contributed by atoms with van der Waals surface area (Å²) in [4.78, 5) is 10.6. The number of benzene rings is 1. The first-order valence-electron chi connectivity index (χ1n) is 4.14. The lowest BCUT2D eigenvalue weighted by atomic mass is 10.0. The second kappa shape index (κ2) is 4.74. The second-order valence-corrected chi connectivity index (χ2v) is 2.87. The van der Waals surface area contributed by atoms with E-state index in [9.17, 15) is 9.90 Å². The van der Waals surface area contributed by atoms with Crippen LogP contribution in [-0.4, -0.2) is 23.3 Å². The zero-order valence-corrected chi connectivity index (χ0v) is 7.80. The van der Waals surface area contributed by atoms with Gasteiger partial charge < -0.3 is 14.9 Å². The van der Waals surface area contributed by atoms with Crippen LogP contribution in [0, 0.1) is 0 Å². The molecule has 4 nitrogen and oxygen atoms in total. The normalized spacial score (nSPS) is 12.4. The summed E-state index contributed by atoms with van der Waals surface area (Å²) in [5.41, 5.74) is 1.06. The van der Waals surface area contributed by atoms with E-state index in [0.717, 1.165) is 0 Å². The van der Waals surface area contributed by atoms with Crippen molar-refractivity contribution in [1.29, 1.82) is 0 Å².